The molecule has 1 aromatic heterocycles. The topological polar surface area (TPSA) is 61.7 Å². The summed E-state index contributed by atoms with van der Waals surface area (Å²) in [6.45, 7) is 1.74. The molecule has 6 nitrogen and oxygen atoms in total. The first-order valence-electron chi connectivity index (χ1n) is 8.17. The lowest BCUT2D eigenvalue weighted by Gasteiger charge is -2.22. The summed E-state index contributed by atoms with van der Waals surface area (Å²) < 4.78 is 2.07. The standard InChI is InChI=1S/C18H23Cl2N5O.HI/c1-21-18(25(3)12-14-5-4-10-24(14)2)23-9-8-22-17(26)13-6-7-15(19)16(20)11-13;/h4-7,10-11H,8-9,12H2,1-3H3,(H,21,23)(H,22,26);1H. The smallest absolute Gasteiger partial charge is 0.251 e. The maximum Gasteiger partial charge on any atom is 0.251 e. The van der Waals surface area contributed by atoms with Crippen LogP contribution >= 0.6 is 47.2 Å². The second-order valence-corrected chi connectivity index (χ2v) is 6.64. The van der Waals surface area contributed by atoms with E-state index < -0.39 is 0 Å². The molecule has 1 heterocycles. The monoisotopic (exact) mass is 523 g/mol. The largest absolute Gasteiger partial charge is 0.354 e. The minimum absolute atomic E-state index is 0. The minimum atomic E-state index is -0.197. The molecule has 0 bridgehead atoms. The van der Waals surface area contributed by atoms with Gasteiger partial charge in [-0.1, -0.05) is 23.2 Å². The number of aryl methyl sites for hydroxylation is 1. The Morgan fingerprint density at radius 2 is 1.89 bits per heavy atom. The number of nitrogens with zero attached hydrogens (tertiary/aromatic N) is 3. The molecule has 1 amide bonds. The average Bonchev–Trinajstić information content (AvgIpc) is 3.01. The number of carbonyl (C=O) groups excluding carboxylic acids is 1. The first kappa shape index (κ1) is 23.6. The molecule has 0 fully saturated rings. The fourth-order valence-electron chi connectivity index (χ4n) is 2.45. The van der Waals surface area contributed by atoms with Gasteiger partial charge in [0.25, 0.3) is 5.91 Å². The van der Waals surface area contributed by atoms with Crippen LogP contribution in [0.1, 0.15) is 16.1 Å². The van der Waals surface area contributed by atoms with E-state index in [1.807, 2.05) is 31.3 Å². The second-order valence-electron chi connectivity index (χ2n) is 5.83. The third-order valence-corrected chi connectivity index (χ3v) is 4.64. The molecule has 2 rings (SSSR count). The number of aliphatic imine (C=N–C) groups is 1. The molecule has 0 aliphatic heterocycles. The Hall–Kier alpha value is -1.45. The van der Waals surface area contributed by atoms with Crippen molar-refractivity contribution in [2.24, 2.45) is 12.0 Å². The van der Waals surface area contributed by atoms with Gasteiger partial charge in [-0.2, -0.15) is 0 Å². The fraction of sp³-hybridized carbons (Fsp3) is 0.333. The maximum absolute atomic E-state index is 12.1. The van der Waals surface area contributed by atoms with Crippen LogP contribution in [0.3, 0.4) is 0 Å². The van der Waals surface area contributed by atoms with Crippen LogP contribution in [0.5, 0.6) is 0 Å². The Bertz CT molecular complexity index is 794. The highest BCUT2D eigenvalue weighted by Gasteiger charge is 2.10. The lowest BCUT2D eigenvalue weighted by Crippen LogP contribution is -2.42. The lowest BCUT2D eigenvalue weighted by atomic mass is 10.2. The van der Waals surface area contributed by atoms with E-state index in [4.69, 9.17) is 23.2 Å². The third-order valence-electron chi connectivity index (χ3n) is 3.90. The van der Waals surface area contributed by atoms with Crippen LogP contribution in [0.2, 0.25) is 10.0 Å². The Morgan fingerprint density at radius 1 is 1.19 bits per heavy atom. The van der Waals surface area contributed by atoms with Gasteiger partial charge in [-0.3, -0.25) is 9.79 Å². The molecule has 0 saturated heterocycles. The van der Waals surface area contributed by atoms with Gasteiger partial charge in [0.15, 0.2) is 5.96 Å². The normalized spacial score (nSPS) is 10.9. The van der Waals surface area contributed by atoms with Crippen molar-refractivity contribution in [2.45, 2.75) is 6.54 Å². The first-order valence-corrected chi connectivity index (χ1v) is 8.93. The molecule has 0 saturated carbocycles. The zero-order valence-corrected chi connectivity index (χ0v) is 19.3. The number of hydrogen-bond donors (Lipinski definition) is 2. The highest BCUT2D eigenvalue weighted by atomic mass is 127. The number of benzene rings is 1. The van der Waals surface area contributed by atoms with Crippen molar-refractivity contribution in [3.63, 3.8) is 0 Å². The van der Waals surface area contributed by atoms with Crippen molar-refractivity contribution >= 4 is 59.0 Å². The lowest BCUT2D eigenvalue weighted by molar-refractivity contribution is 0.0954. The van der Waals surface area contributed by atoms with Crippen molar-refractivity contribution in [3.05, 3.63) is 57.8 Å². The van der Waals surface area contributed by atoms with E-state index in [1.165, 1.54) is 5.69 Å². The molecule has 0 unspecified atom stereocenters. The Morgan fingerprint density at radius 3 is 2.48 bits per heavy atom. The van der Waals surface area contributed by atoms with Gasteiger partial charge in [0, 0.05) is 51.7 Å². The average molecular weight is 524 g/mol. The van der Waals surface area contributed by atoms with Crippen LogP contribution in [-0.4, -0.2) is 48.5 Å². The number of rotatable bonds is 6. The van der Waals surface area contributed by atoms with Crippen molar-refractivity contribution in [1.82, 2.24) is 20.1 Å². The van der Waals surface area contributed by atoms with Crippen molar-refractivity contribution in [1.29, 1.82) is 0 Å². The maximum atomic E-state index is 12.1. The number of nitrogens with one attached hydrogen (secondary N) is 2. The zero-order chi connectivity index (χ0) is 19.1. The number of guanidine groups is 1. The van der Waals surface area contributed by atoms with Crippen LogP contribution in [0.15, 0.2) is 41.5 Å². The molecule has 2 N–H and O–H groups in total. The molecule has 0 aliphatic rings. The fourth-order valence-corrected chi connectivity index (χ4v) is 2.75. The Balaban J connectivity index is 0.00000364. The van der Waals surface area contributed by atoms with E-state index in [-0.39, 0.29) is 29.9 Å². The van der Waals surface area contributed by atoms with E-state index in [0.29, 0.717) is 28.7 Å². The van der Waals surface area contributed by atoms with Crippen molar-refractivity contribution in [2.75, 3.05) is 27.2 Å². The van der Waals surface area contributed by atoms with Gasteiger partial charge in [-0.25, -0.2) is 0 Å². The number of amides is 1. The van der Waals surface area contributed by atoms with Crippen LogP contribution < -0.4 is 10.6 Å². The van der Waals surface area contributed by atoms with E-state index in [1.54, 1.807) is 25.2 Å². The summed E-state index contributed by atoms with van der Waals surface area (Å²) in [5, 5.41) is 6.86. The van der Waals surface area contributed by atoms with E-state index in [9.17, 15) is 4.79 Å². The van der Waals surface area contributed by atoms with E-state index >= 15 is 0 Å². The minimum Gasteiger partial charge on any atom is -0.354 e. The molecule has 0 spiro atoms. The number of halogens is 3. The van der Waals surface area contributed by atoms with Gasteiger partial charge in [-0.05, 0) is 30.3 Å². The molecule has 27 heavy (non-hydrogen) atoms. The molecular formula is C18H24Cl2IN5O. The summed E-state index contributed by atoms with van der Waals surface area (Å²) in [4.78, 5) is 18.4. The summed E-state index contributed by atoms with van der Waals surface area (Å²) in [5.74, 6) is 0.563. The van der Waals surface area contributed by atoms with Gasteiger partial charge in [0.1, 0.15) is 0 Å². The summed E-state index contributed by atoms with van der Waals surface area (Å²) in [5.41, 5.74) is 1.66. The highest BCUT2D eigenvalue weighted by molar-refractivity contribution is 14.0. The second kappa shape index (κ2) is 11.4. The molecule has 0 radical (unpaired) electrons. The molecular weight excluding hydrogens is 500 g/mol. The van der Waals surface area contributed by atoms with Gasteiger partial charge in [0.2, 0.25) is 0 Å². The van der Waals surface area contributed by atoms with Gasteiger partial charge in [0.05, 0.1) is 16.6 Å². The van der Waals surface area contributed by atoms with Crippen LogP contribution in [-0.2, 0) is 13.6 Å². The SMILES string of the molecule is CN=C(NCCNC(=O)c1ccc(Cl)c(Cl)c1)N(C)Cc1cccn1C.I. The summed E-state index contributed by atoms with van der Waals surface area (Å²) >= 11 is 11.8. The van der Waals surface area contributed by atoms with Crippen LogP contribution in [0, 0.1) is 0 Å². The van der Waals surface area contributed by atoms with E-state index in [2.05, 4.69) is 26.3 Å². The molecule has 0 aliphatic carbocycles. The summed E-state index contributed by atoms with van der Waals surface area (Å²) in [6.07, 6.45) is 2.01. The quantitative estimate of drug-likeness (QED) is 0.264. The molecule has 1 aromatic carbocycles. The predicted molar refractivity (Wildman–Crippen MR) is 122 cm³/mol. The Labute approximate surface area is 186 Å². The summed E-state index contributed by atoms with van der Waals surface area (Å²) in [6, 6.07) is 8.89. The number of carbonyl (C=O) groups is 1. The van der Waals surface area contributed by atoms with Gasteiger partial charge in [-0.15, -0.1) is 24.0 Å². The zero-order valence-electron chi connectivity index (χ0n) is 15.5. The first-order chi connectivity index (χ1) is 12.4. The number of aromatic nitrogens is 1. The van der Waals surface area contributed by atoms with E-state index in [0.717, 1.165) is 12.5 Å². The summed E-state index contributed by atoms with van der Waals surface area (Å²) in [7, 11) is 5.71. The predicted octanol–water partition coefficient (Wildman–Crippen LogP) is 3.39. The van der Waals surface area contributed by atoms with Crippen molar-refractivity contribution < 1.29 is 4.79 Å². The molecule has 9 heteroatoms. The highest BCUT2D eigenvalue weighted by Crippen LogP contribution is 2.22. The number of hydrogen-bond acceptors (Lipinski definition) is 2. The molecule has 2 aromatic rings. The van der Waals surface area contributed by atoms with Gasteiger partial charge >= 0.3 is 0 Å². The van der Waals surface area contributed by atoms with Crippen molar-refractivity contribution in [3.8, 4) is 0 Å². The molecule has 0 atom stereocenters. The third kappa shape index (κ3) is 6.90. The van der Waals surface area contributed by atoms with Gasteiger partial charge < -0.3 is 20.1 Å². The van der Waals surface area contributed by atoms with Crippen LogP contribution in [0.4, 0.5) is 0 Å². The van der Waals surface area contributed by atoms with Crippen LogP contribution in [0.25, 0.3) is 0 Å². The Kier molecular flexibility index (Phi) is 9.97. The molecule has 148 valence electrons.